The standard InChI is InChI=1S/C18H19NO2.BrH/c20-16-9-12-7-8-19-15-6-5-11-3-1-2-4-13(11)18(15)14(12)10-17(16)21;/h1-4,9-10,15,18-21H,5-8H2;1H/t15-,18-;/m0./s1. The number of phenols is 2. The molecule has 0 saturated carbocycles. The van der Waals surface area contributed by atoms with E-state index < -0.39 is 0 Å². The van der Waals surface area contributed by atoms with Crippen LogP contribution in [0.25, 0.3) is 0 Å². The first-order valence-electron chi connectivity index (χ1n) is 7.60. The van der Waals surface area contributed by atoms with Gasteiger partial charge in [-0.05, 0) is 60.2 Å². The lowest BCUT2D eigenvalue weighted by atomic mass is 9.75. The molecule has 0 bridgehead atoms. The van der Waals surface area contributed by atoms with Gasteiger partial charge in [-0.3, -0.25) is 0 Å². The molecule has 2 atom stereocenters. The number of hydrogen-bond acceptors (Lipinski definition) is 3. The molecule has 2 aromatic carbocycles. The maximum Gasteiger partial charge on any atom is 0.157 e. The summed E-state index contributed by atoms with van der Waals surface area (Å²) in [5.74, 6) is 0.229. The van der Waals surface area contributed by atoms with Gasteiger partial charge in [-0.2, -0.15) is 0 Å². The van der Waals surface area contributed by atoms with Crippen molar-refractivity contribution in [1.82, 2.24) is 5.32 Å². The van der Waals surface area contributed by atoms with Crippen LogP contribution in [0.5, 0.6) is 11.5 Å². The van der Waals surface area contributed by atoms with Crippen LogP contribution >= 0.6 is 17.0 Å². The largest absolute Gasteiger partial charge is 0.504 e. The van der Waals surface area contributed by atoms with Crippen molar-refractivity contribution in [2.24, 2.45) is 0 Å². The fourth-order valence-corrected chi connectivity index (χ4v) is 3.90. The SMILES string of the molecule is Br.Oc1cc2c(cc1O)[C@@H]1c3ccccc3CC[C@@H]1NCC2. The summed E-state index contributed by atoms with van der Waals surface area (Å²) in [6.45, 7) is 0.917. The quantitative estimate of drug-likeness (QED) is 0.631. The van der Waals surface area contributed by atoms with Gasteiger partial charge in [0, 0.05) is 12.0 Å². The Labute approximate surface area is 140 Å². The van der Waals surface area contributed by atoms with Crippen molar-refractivity contribution in [2.45, 2.75) is 31.2 Å². The Morgan fingerprint density at radius 3 is 2.55 bits per heavy atom. The zero-order valence-electron chi connectivity index (χ0n) is 12.2. The molecule has 0 aromatic heterocycles. The maximum absolute atomic E-state index is 9.93. The number of hydrogen-bond donors (Lipinski definition) is 3. The van der Waals surface area contributed by atoms with Gasteiger partial charge >= 0.3 is 0 Å². The van der Waals surface area contributed by atoms with Crippen molar-refractivity contribution in [2.75, 3.05) is 6.54 Å². The lowest BCUT2D eigenvalue weighted by molar-refractivity contribution is 0.400. The van der Waals surface area contributed by atoms with Crippen molar-refractivity contribution >= 4 is 17.0 Å². The molecule has 4 heteroatoms. The molecule has 1 aliphatic carbocycles. The summed E-state index contributed by atoms with van der Waals surface area (Å²) in [5.41, 5.74) is 5.06. The van der Waals surface area contributed by atoms with Crippen LogP contribution in [-0.2, 0) is 12.8 Å². The highest BCUT2D eigenvalue weighted by Crippen LogP contribution is 2.42. The number of nitrogens with one attached hydrogen (secondary N) is 1. The number of halogens is 1. The molecule has 1 aliphatic heterocycles. The summed E-state index contributed by atoms with van der Waals surface area (Å²) in [5, 5.41) is 23.4. The Morgan fingerprint density at radius 2 is 1.68 bits per heavy atom. The average Bonchev–Trinajstić information content (AvgIpc) is 2.67. The third kappa shape index (κ3) is 2.40. The van der Waals surface area contributed by atoms with E-state index in [1.165, 1.54) is 11.1 Å². The number of benzene rings is 2. The molecular formula is C18H20BrNO2. The highest BCUT2D eigenvalue weighted by Gasteiger charge is 2.33. The number of fused-ring (bicyclic) bond motifs is 5. The Morgan fingerprint density at radius 1 is 0.909 bits per heavy atom. The predicted molar refractivity (Wildman–Crippen MR) is 92.2 cm³/mol. The number of aryl methyl sites for hydroxylation is 1. The molecule has 2 aliphatic rings. The average molecular weight is 362 g/mol. The Hall–Kier alpha value is -1.52. The van der Waals surface area contributed by atoms with Crippen LogP contribution < -0.4 is 5.32 Å². The van der Waals surface area contributed by atoms with Crippen LogP contribution in [0.2, 0.25) is 0 Å². The molecule has 0 amide bonds. The molecule has 2 aromatic rings. The highest BCUT2D eigenvalue weighted by atomic mass is 79.9. The summed E-state index contributed by atoms with van der Waals surface area (Å²) in [7, 11) is 0. The second-order valence-corrected chi connectivity index (χ2v) is 6.07. The van der Waals surface area contributed by atoms with E-state index in [4.69, 9.17) is 0 Å². The first-order chi connectivity index (χ1) is 10.2. The fraction of sp³-hybridized carbons (Fsp3) is 0.333. The summed E-state index contributed by atoms with van der Waals surface area (Å²) >= 11 is 0. The lowest BCUT2D eigenvalue weighted by Crippen LogP contribution is -2.38. The van der Waals surface area contributed by atoms with Gasteiger partial charge in [0.05, 0.1) is 0 Å². The molecule has 3 nitrogen and oxygen atoms in total. The molecule has 4 rings (SSSR count). The van der Waals surface area contributed by atoms with Crippen LogP contribution in [0.15, 0.2) is 36.4 Å². The molecule has 0 radical (unpaired) electrons. The molecule has 0 fully saturated rings. The molecular weight excluding hydrogens is 342 g/mol. The minimum Gasteiger partial charge on any atom is -0.504 e. The van der Waals surface area contributed by atoms with E-state index in [-0.39, 0.29) is 34.4 Å². The first kappa shape index (κ1) is 15.4. The van der Waals surface area contributed by atoms with Crippen LogP contribution in [0.1, 0.15) is 34.6 Å². The maximum atomic E-state index is 9.93. The Bertz CT molecular complexity index is 701. The van der Waals surface area contributed by atoms with Crippen molar-refractivity contribution in [3.05, 3.63) is 58.7 Å². The van der Waals surface area contributed by atoms with Gasteiger partial charge in [0.1, 0.15) is 0 Å². The van der Waals surface area contributed by atoms with Gasteiger partial charge < -0.3 is 15.5 Å². The zero-order chi connectivity index (χ0) is 14.4. The van der Waals surface area contributed by atoms with E-state index in [9.17, 15) is 10.2 Å². The molecule has 1 heterocycles. The fourth-order valence-electron chi connectivity index (χ4n) is 3.90. The van der Waals surface area contributed by atoms with Gasteiger partial charge in [0.15, 0.2) is 11.5 Å². The lowest BCUT2D eigenvalue weighted by Gasteiger charge is -2.34. The van der Waals surface area contributed by atoms with E-state index >= 15 is 0 Å². The number of aromatic hydroxyl groups is 2. The zero-order valence-corrected chi connectivity index (χ0v) is 14.0. The minimum atomic E-state index is -0.0173. The molecule has 0 saturated heterocycles. The third-order valence-corrected chi connectivity index (χ3v) is 4.89. The highest BCUT2D eigenvalue weighted by molar-refractivity contribution is 8.93. The molecule has 3 N–H and O–H groups in total. The minimum absolute atomic E-state index is 0. The van der Waals surface area contributed by atoms with Crippen molar-refractivity contribution in [3.63, 3.8) is 0 Å². The van der Waals surface area contributed by atoms with Gasteiger partial charge in [0.2, 0.25) is 0 Å². The van der Waals surface area contributed by atoms with Gasteiger partial charge in [-0.1, -0.05) is 24.3 Å². The van der Waals surface area contributed by atoms with Gasteiger partial charge in [-0.15, -0.1) is 17.0 Å². The van der Waals surface area contributed by atoms with E-state index in [0.717, 1.165) is 36.9 Å². The third-order valence-electron chi connectivity index (χ3n) is 4.89. The summed E-state index contributed by atoms with van der Waals surface area (Å²) in [4.78, 5) is 0. The predicted octanol–water partition coefficient (Wildman–Crippen LogP) is 3.27. The van der Waals surface area contributed by atoms with E-state index in [2.05, 4.69) is 29.6 Å². The van der Waals surface area contributed by atoms with Crippen LogP contribution in [0.4, 0.5) is 0 Å². The van der Waals surface area contributed by atoms with Crippen molar-refractivity contribution < 1.29 is 10.2 Å². The normalized spacial score (nSPS) is 22.5. The monoisotopic (exact) mass is 361 g/mol. The van der Waals surface area contributed by atoms with E-state index in [1.54, 1.807) is 12.1 Å². The van der Waals surface area contributed by atoms with Crippen molar-refractivity contribution in [3.8, 4) is 11.5 Å². The number of phenolic OH excluding ortho intramolecular Hbond substituents is 2. The van der Waals surface area contributed by atoms with Crippen LogP contribution in [-0.4, -0.2) is 22.8 Å². The van der Waals surface area contributed by atoms with Crippen LogP contribution in [0, 0.1) is 0 Å². The van der Waals surface area contributed by atoms with Gasteiger partial charge in [-0.25, -0.2) is 0 Å². The van der Waals surface area contributed by atoms with Crippen molar-refractivity contribution in [1.29, 1.82) is 0 Å². The van der Waals surface area contributed by atoms with Crippen LogP contribution in [0.3, 0.4) is 0 Å². The van der Waals surface area contributed by atoms with Gasteiger partial charge in [0.25, 0.3) is 0 Å². The second-order valence-electron chi connectivity index (χ2n) is 6.07. The molecule has 0 unspecified atom stereocenters. The topological polar surface area (TPSA) is 52.5 Å². The Kier molecular flexibility index (Phi) is 4.15. The second kappa shape index (κ2) is 5.94. The molecule has 116 valence electrons. The smallest absolute Gasteiger partial charge is 0.157 e. The van der Waals surface area contributed by atoms with E-state index in [0.29, 0.717) is 6.04 Å². The summed E-state index contributed by atoms with van der Waals surface area (Å²) in [6.07, 6.45) is 3.10. The molecule has 22 heavy (non-hydrogen) atoms. The first-order valence-corrected chi connectivity index (χ1v) is 7.60. The molecule has 0 spiro atoms. The summed E-state index contributed by atoms with van der Waals surface area (Å²) in [6, 6.07) is 12.5. The van der Waals surface area contributed by atoms with E-state index in [1.807, 2.05) is 0 Å². The summed E-state index contributed by atoms with van der Waals surface area (Å²) < 4.78 is 0. The Balaban J connectivity index is 0.00000144. The number of rotatable bonds is 0.